The summed E-state index contributed by atoms with van der Waals surface area (Å²) in [6.45, 7) is 5.59. The fourth-order valence-corrected chi connectivity index (χ4v) is 1.12. The predicted molar refractivity (Wildman–Crippen MR) is 39.8 cm³/mol. The molecule has 1 saturated carbocycles. The number of hydrogen-bond donors (Lipinski definition) is 1. The van der Waals surface area contributed by atoms with Gasteiger partial charge in [-0.2, -0.15) is 0 Å². The highest BCUT2D eigenvalue weighted by Gasteiger charge is 2.42. The minimum Gasteiger partial charge on any atom is -0.465 e. The minimum absolute atomic E-state index is 0.116. The largest absolute Gasteiger partial charge is 0.465 e. The highest BCUT2D eigenvalue weighted by molar-refractivity contribution is 5.66. The third-order valence-electron chi connectivity index (χ3n) is 1.99. The zero-order valence-corrected chi connectivity index (χ0v) is 6.54. The second-order valence-corrected chi connectivity index (χ2v) is 2.77. The second kappa shape index (κ2) is 3.05. The summed E-state index contributed by atoms with van der Waals surface area (Å²) in [6, 6.07) is 0. The summed E-state index contributed by atoms with van der Waals surface area (Å²) >= 11 is 0. The zero-order chi connectivity index (χ0) is 8.43. The third-order valence-corrected chi connectivity index (χ3v) is 1.99. The molecular weight excluding hydrogens is 144 g/mol. The first kappa shape index (κ1) is 8.27. The topological polar surface area (TPSA) is 46.5 Å². The van der Waals surface area contributed by atoms with Crippen LogP contribution in [0.4, 0.5) is 0 Å². The van der Waals surface area contributed by atoms with E-state index >= 15 is 0 Å². The summed E-state index contributed by atoms with van der Waals surface area (Å²) < 4.78 is 4.76. The van der Waals surface area contributed by atoms with E-state index in [2.05, 4.69) is 6.58 Å². The van der Waals surface area contributed by atoms with Crippen molar-refractivity contribution in [3.8, 4) is 0 Å². The summed E-state index contributed by atoms with van der Waals surface area (Å²) in [5.74, 6) is 0.0830. The maximum atomic E-state index is 10.4. The van der Waals surface area contributed by atoms with Gasteiger partial charge in [-0.3, -0.25) is 4.79 Å². The molecule has 1 fully saturated rings. The van der Waals surface area contributed by atoms with Gasteiger partial charge in [-0.25, -0.2) is 0 Å². The number of carbonyl (C=O) groups excluding carboxylic acids is 1. The Morgan fingerprint density at radius 3 is 2.73 bits per heavy atom. The van der Waals surface area contributed by atoms with Crippen molar-refractivity contribution < 1.29 is 14.6 Å². The van der Waals surface area contributed by atoms with E-state index in [0.717, 1.165) is 5.57 Å². The Morgan fingerprint density at radius 2 is 2.36 bits per heavy atom. The lowest BCUT2D eigenvalue weighted by atomic mass is 10.3. The quantitative estimate of drug-likeness (QED) is 0.473. The van der Waals surface area contributed by atoms with Crippen molar-refractivity contribution in [1.29, 1.82) is 0 Å². The summed E-state index contributed by atoms with van der Waals surface area (Å²) in [5.41, 5.74) is 0.994. The number of ether oxygens (including phenoxy) is 1. The summed E-state index contributed by atoms with van der Waals surface area (Å²) in [4.78, 5) is 10.4. The van der Waals surface area contributed by atoms with Crippen molar-refractivity contribution in [3.63, 3.8) is 0 Å². The van der Waals surface area contributed by atoms with Gasteiger partial charge in [-0.05, 0) is 0 Å². The van der Waals surface area contributed by atoms with Gasteiger partial charge in [0.1, 0.15) is 0 Å². The smallest absolute Gasteiger partial charge is 0.302 e. The maximum Gasteiger partial charge on any atom is 0.302 e. The molecule has 0 radical (unpaired) electrons. The highest BCUT2D eigenvalue weighted by atomic mass is 16.5. The van der Waals surface area contributed by atoms with Gasteiger partial charge in [0.05, 0.1) is 13.2 Å². The van der Waals surface area contributed by atoms with Crippen LogP contribution in [0.3, 0.4) is 0 Å². The molecule has 0 saturated heterocycles. The van der Waals surface area contributed by atoms with Crippen molar-refractivity contribution in [3.05, 3.63) is 12.2 Å². The number of aliphatic hydroxyl groups is 1. The van der Waals surface area contributed by atoms with Crippen molar-refractivity contribution in [1.82, 2.24) is 0 Å². The minimum atomic E-state index is -0.276. The molecule has 0 heterocycles. The Hall–Kier alpha value is -0.830. The van der Waals surface area contributed by atoms with Crippen molar-refractivity contribution >= 4 is 5.97 Å². The number of aliphatic hydroxyl groups excluding tert-OH is 1. The first-order valence-electron chi connectivity index (χ1n) is 3.59. The number of carbonyl (C=O) groups is 1. The van der Waals surface area contributed by atoms with Crippen LogP contribution in [0.2, 0.25) is 0 Å². The van der Waals surface area contributed by atoms with E-state index in [0.29, 0.717) is 6.61 Å². The molecule has 0 spiro atoms. The van der Waals surface area contributed by atoms with Crippen molar-refractivity contribution in [2.45, 2.75) is 6.92 Å². The van der Waals surface area contributed by atoms with E-state index in [1.54, 1.807) is 0 Å². The van der Waals surface area contributed by atoms with Gasteiger partial charge in [-0.1, -0.05) is 12.2 Å². The van der Waals surface area contributed by atoms with E-state index in [9.17, 15) is 4.79 Å². The van der Waals surface area contributed by atoms with Gasteiger partial charge in [0.2, 0.25) is 0 Å². The molecule has 1 N–H and O–H groups in total. The van der Waals surface area contributed by atoms with Gasteiger partial charge in [0.15, 0.2) is 0 Å². The van der Waals surface area contributed by atoms with E-state index in [4.69, 9.17) is 9.84 Å². The first-order chi connectivity index (χ1) is 5.16. The fraction of sp³-hybridized carbons (Fsp3) is 0.625. The molecule has 0 aromatic rings. The molecule has 0 bridgehead atoms. The van der Waals surface area contributed by atoms with Crippen LogP contribution in [0.25, 0.3) is 0 Å². The van der Waals surface area contributed by atoms with Gasteiger partial charge in [0, 0.05) is 18.8 Å². The predicted octanol–water partition coefficient (Wildman–Crippen LogP) is 0.344. The zero-order valence-electron chi connectivity index (χ0n) is 6.54. The third kappa shape index (κ3) is 1.80. The summed E-state index contributed by atoms with van der Waals surface area (Å²) in [6.07, 6.45) is 0. The van der Waals surface area contributed by atoms with E-state index in [-0.39, 0.29) is 24.4 Å². The summed E-state index contributed by atoms with van der Waals surface area (Å²) in [5, 5.41) is 8.71. The van der Waals surface area contributed by atoms with Crippen LogP contribution in [0.15, 0.2) is 12.2 Å². The molecule has 0 aromatic heterocycles. The van der Waals surface area contributed by atoms with Gasteiger partial charge in [-0.15, -0.1) is 0 Å². The van der Waals surface area contributed by atoms with Crippen LogP contribution in [0.1, 0.15) is 6.92 Å². The molecule has 0 unspecified atom stereocenters. The van der Waals surface area contributed by atoms with E-state index in [1.165, 1.54) is 6.92 Å². The number of esters is 1. The lowest BCUT2D eigenvalue weighted by Gasteiger charge is -1.97. The van der Waals surface area contributed by atoms with Crippen LogP contribution in [-0.2, 0) is 9.53 Å². The Balaban J connectivity index is 2.21. The summed E-state index contributed by atoms with van der Waals surface area (Å²) in [7, 11) is 0. The Bertz CT molecular complexity index is 186. The van der Waals surface area contributed by atoms with E-state index < -0.39 is 0 Å². The van der Waals surface area contributed by atoms with Gasteiger partial charge >= 0.3 is 5.97 Å². The maximum absolute atomic E-state index is 10.4. The molecule has 2 atom stereocenters. The second-order valence-electron chi connectivity index (χ2n) is 2.77. The molecule has 1 rings (SSSR count). The molecule has 1 aliphatic rings. The monoisotopic (exact) mass is 156 g/mol. The average molecular weight is 156 g/mol. The van der Waals surface area contributed by atoms with Crippen LogP contribution in [-0.4, -0.2) is 24.3 Å². The number of rotatable bonds is 3. The lowest BCUT2D eigenvalue weighted by Crippen LogP contribution is -2.04. The molecular formula is C8H12O3. The Labute approximate surface area is 65.7 Å². The molecule has 62 valence electrons. The number of hydrogen-bond acceptors (Lipinski definition) is 3. The molecule has 3 heteroatoms. The molecule has 0 aliphatic heterocycles. The van der Waals surface area contributed by atoms with Gasteiger partial charge in [0.25, 0.3) is 0 Å². The van der Waals surface area contributed by atoms with Crippen molar-refractivity contribution in [2.24, 2.45) is 11.8 Å². The van der Waals surface area contributed by atoms with Crippen LogP contribution < -0.4 is 0 Å². The van der Waals surface area contributed by atoms with Crippen molar-refractivity contribution in [2.75, 3.05) is 13.2 Å². The molecule has 0 amide bonds. The van der Waals surface area contributed by atoms with E-state index in [1.807, 2.05) is 0 Å². The lowest BCUT2D eigenvalue weighted by molar-refractivity contribution is -0.141. The Morgan fingerprint density at radius 1 is 1.73 bits per heavy atom. The molecule has 3 nitrogen and oxygen atoms in total. The molecule has 11 heavy (non-hydrogen) atoms. The van der Waals surface area contributed by atoms with Gasteiger partial charge < -0.3 is 9.84 Å². The molecule has 0 aromatic carbocycles. The SMILES string of the molecule is C=C1[C@@H](CO)[C@H]1COC(C)=O. The van der Waals surface area contributed by atoms with Crippen LogP contribution in [0.5, 0.6) is 0 Å². The fourth-order valence-electron chi connectivity index (χ4n) is 1.12. The average Bonchev–Trinajstić information content (AvgIpc) is 2.56. The normalized spacial score (nSPS) is 28.4. The first-order valence-corrected chi connectivity index (χ1v) is 3.59. The Kier molecular flexibility index (Phi) is 2.29. The van der Waals surface area contributed by atoms with Crippen LogP contribution >= 0.6 is 0 Å². The highest BCUT2D eigenvalue weighted by Crippen LogP contribution is 2.43. The standard InChI is InChI=1S/C8H12O3/c1-5-7(3-9)8(5)4-11-6(2)10/h7-9H,1,3-4H2,2H3/t7-,8+/m1/s1. The van der Waals surface area contributed by atoms with Crippen LogP contribution in [0, 0.1) is 11.8 Å². The molecule has 1 aliphatic carbocycles.